The first kappa shape index (κ1) is 14.0. The van der Waals surface area contributed by atoms with Crippen LogP contribution in [-0.2, 0) is 11.2 Å². The molecule has 1 amide bonds. The number of thiazole rings is 1. The Morgan fingerprint density at radius 2 is 2.25 bits per heavy atom. The van der Waals surface area contributed by atoms with E-state index in [1.54, 1.807) is 11.3 Å². The van der Waals surface area contributed by atoms with Gasteiger partial charge in [-0.25, -0.2) is 4.98 Å². The summed E-state index contributed by atoms with van der Waals surface area (Å²) in [6.07, 6.45) is 2.50. The third kappa shape index (κ3) is 3.37. The second-order valence-electron chi connectivity index (χ2n) is 5.55. The van der Waals surface area contributed by atoms with E-state index >= 15 is 0 Å². The summed E-state index contributed by atoms with van der Waals surface area (Å²) in [6, 6.07) is 0.570. The van der Waals surface area contributed by atoms with Crippen LogP contribution in [0.15, 0.2) is 10.9 Å². The molecule has 6 heteroatoms. The van der Waals surface area contributed by atoms with E-state index in [9.17, 15) is 4.79 Å². The molecule has 20 heavy (non-hydrogen) atoms. The number of carbonyl (C=O) groups excluding carboxylic acids is 1. The van der Waals surface area contributed by atoms with Crippen LogP contribution in [0.1, 0.15) is 18.5 Å². The van der Waals surface area contributed by atoms with Crippen LogP contribution in [0.5, 0.6) is 0 Å². The van der Waals surface area contributed by atoms with Crippen molar-refractivity contribution in [1.82, 2.24) is 20.1 Å². The number of nitrogens with one attached hydrogen (secondary N) is 1. The highest BCUT2D eigenvalue weighted by molar-refractivity contribution is 7.07. The average molecular weight is 294 g/mol. The molecular weight excluding hydrogens is 272 g/mol. The summed E-state index contributed by atoms with van der Waals surface area (Å²) >= 11 is 1.59. The van der Waals surface area contributed by atoms with Crippen LogP contribution < -0.4 is 5.32 Å². The molecule has 1 unspecified atom stereocenters. The monoisotopic (exact) mass is 294 g/mol. The number of hydrogen-bond acceptors (Lipinski definition) is 5. The third-order valence-corrected chi connectivity index (χ3v) is 4.90. The summed E-state index contributed by atoms with van der Waals surface area (Å²) in [5.74, 6) is 0.288. The summed E-state index contributed by atoms with van der Waals surface area (Å²) in [5.41, 5.74) is 2.87. The largest absolute Gasteiger partial charge is 0.341 e. The first-order valence-corrected chi connectivity index (χ1v) is 8.37. The van der Waals surface area contributed by atoms with E-state index in [0.29, 0.717) is 12.5 Å². The fraction of sp³-hybridized carbons (Fsp3) is 0.714. The Morgan fingerprint density at radius 1 is 1.40 bits per heavy atom. The van der Waals surface area contributed by atoms with Gasteiger partial charge in [0.2, 0.25) is 5.91 Å². The first-order valence-electron chi connectivity index (χ1n) is 7.42. The molecule has 0 spiro atoms. The van der Waals surface area contributed by atoms with Gasteiger partial charge in [-0.05, 0) is 12.8 Å². The fourth-order valence-electron chi connectivity index (χ4n) is 3.07. The molecule has 110 valence electrons. The molecule has 0 saturated carbocycles. The number of amides is 1. The zero-order valence-electron chi connectivity index (χ0n) is 11.8. The molecule has 2 saturated heterocycles. The van der Waals surface area contributed by atoms with E-state index in [4.69, 9.17) is 0 Å². The van der Waals surface area contributed by atoms with Crippen LogP contribution in [0, 0.1) is 0 Å². The van der Waals surface area contributed by atoms with E-state index in [1.165, 1.54) is 0 Å². The summed E-state index contributed by atoms with van der Waals surface area (Å²) in [6.45, 7) is 6.22. The Hall–Kier alpha value is -0.980. The van der Waals surface area contributed by atoms with Crippen LogP contribution in [0.2, 0.25) is 0 Å². The Labute approximate surface area is 124 Å². The number of aromatic nitrogens is 1. The van der Waals surface area contributed by atoms with Crippen molar-refractivity contribution in [3.05, 3.63) is 16.6 Å². The number of aryl methyl sites for hydroxylation is 1. The molecule has 1 N–H and O–H groups in total. The SMILES string of the molecule is O=C(CCc1cscn1)N1CCC(N2CCNCC2)C1. The van der Waals surface area contributed by atoms with Crippen molar-refractivity contribution in [3.8, 4) is 0 Å². The average Bonchev–Trinajstić information content (AvgIpc) is 3.17. The highest BCUT2D eigenvalue weighted by Crippen LogP contribution is 2.17. The molecule has 3 heterocycles. The van der Waals surface area contributed by atoms with Crippen LogP contribution in [-0.4, -0.2) is 66.0 Å². The molecule has 1 atom stereocenters. The summed E-state index contributed by atoms with van der Waals surface area (Å²) < 4.78 is 0. The van der Waals surface area contributed by atoms with Gasteiger partial charge in [0.1, 0.15) is 0 Å². The Morgan fingerprint density at radius 3 is 3.00 bits per heavy atom. The molecular formula is C14H22N4OS. The zero-order valence-corrected chi connectivity index (χ0v) is 12.6. The molecule has 0 aliphatic carbocycles. The van der Waals surface area contributed by atoms with Crippen LogP contribution in [0.25, 0.3) is 0 Å². The molecule has 2 aliphatic rings. The number of nitrogens with zero attached hydrogens (tertiary/aromatic N) is 3. The Bertz CT molecular complexity index is 430. The second-order valence-corrected chi connectivity index (χ2v) is 6.27. The van der Waals surface area contributed by atoms with Crippen molar-refractivity contribution in [3.63, 3.8) is 0 Å². The lowest BCUT2D eigenvalue weighted by Crippen LogP contribution is -2.49. The molecule has 1 aromatic rings. The van der Waals surface area contributed by atoms with Gasteiger partial charge in [-0.3, -0.25) is 9.69 Å². The number of likely N-dealkylation sites (tertiary alicyclic amines) is 1. The summed E-state index contributed by atoms with van der Waals surface area (Å²) in [4.78, 5) is 21.0. The van der Waals surface area contributed by atoms with E-state index in [-0.39, 0.29) is 5.91 Å². The van der Waals surface area contributed by atoms with Crippen molar-refractivity contribution >= 4 is 17.2 Å². The van der Waals surface area contributed by atoms with Crippen LogP contribution in [0.4, 0.5) is 0 Å². The molecule has 0 radical (unpaired) electrons. The zero-order chi connectivity index (χ0) is 13.8. The fourth-order valence-corrected chi connectivity index (χ4v) is 3.66. The van der Waals surface area contributed by atoms with Gasteiger partial charge in [-0.15, -0.1) is 11.3 Å². The molecule has 0 bridgehead atoms. The highest BCUT2D eigenvalue weighted by Gasteiger charge is 2.30. The van der Waals surface area contributed by atoms with E-state index in [1.807, 2.05) is 15.8 Å². The lowest BCUT2D eigenvalue weighted by molar-refractivity contribution is -0.130. The molecule has 3 rings (SSSR count). The second kappa shape index (κ2) is 6.65. The lowest BCUT2D eigenvalue weighted by atomic mass is 10.2. The van der Waals surface area contributed by atoms with Crippen molar-refractivity contribution in [2.24, 2.45) is 0 Å². The molecule has 2 fully saturated rings. The lowest BCUT2D eigenvalue weighted by Gasteiger charge is -2.32. The van der Waals surface area contributed by atoms with Gasteiger partial charge in [0.05, 0.1) is 11.2 Å². The molecule has 0 aromatic carbocycles. The summed E-state index contributed by atoms with van der Waals surface area (Å²) in [5, 5.41) is 5.41. The smallest absolute Gasteiger partial charge is 0.223 e. The van der Waals surface area contributed by atoms with Crippen LogP contribution >= 0.6 is 11.3 Å². The predicted molar refractivity (Wildman–Crippen MR) is 79.9 cm³/mol. The maximum absolute atomic E-state index is 12.2. The Kier molecular flexibility index (Phi) is 4.65. The topological polar surface area (TPSA) is 48.5 Å². The van der Waals surface area contributed by atoms with E-state index in [2.05, 4.69) is 15.2 Å². The van der Waals surface area contributed by atoms with Gasteiger partial charge >= 0.3 is 0 Å². The normalized spacial score (nSPS) is 24.2. The quantitative estimate of drug-likeness (QED) is 0.882. The minimum absolute atomic E-state index is 0.288. The van der Waals surface area contributed by atoms with E-state index < -0.39 is 0 Å². The maximum atomic E-state index is 12.2. The maximum Gasteiger partial charge on any atom is 0.223 e. The standard InChI is InChI=1S/C14H22N4OS/c19-14(2-1-12-10-20-11-16-12)18-6-3-13(9-18)17-7-4-15-5-8-17/h10-11,13,15H,1-9H2. The molecule has 1 aromatic heterocycles. The number of hydrogen-bond donors (Lipinski definition) is 1. The highest BCUT2D eigenvalue weighted by atomic mass is 32.1. The van der Waals surface area contributed by atoms with Gasteiger partial charge in [-0.2, -0.15) is 0 Å². The van der Waals surface area contributed by atoms with Gasteiger partial charge in [0, 0.05) is 57.1 Å². The molecule has 2 aliphatic heterocycles. The number of piperazine rings is 1. The third-order valence-electron chi connectivity index (χ3n) is 4.26. The van der Waals surface area contributed by atoms with Crippen LogP contribution in [0.3, 0.4) is 0 Å². The Balaban J connectivity index is 1.45. The van der Waals surface area contributed by atoms with Gasteiger partial charge in [-0.1, -0.05) is 0 Å². The first-order chi connectivity index (χ1) is 9.83. The predicted octanol–water partition coefficient (Wildman–Crippen LogP) is 0.582. The van der Waals surface area contributed by atoms with Gasteiger partial charge in [0.25, 0.3) is 0 Å². The minimum atomic E-state index is 0.288. The number of carbonyl (C=O) groups is 1. The van der Waals surface area contributed by atoms with Gasteiger partial charge in [0.15, 0.2) is 0 Å². The minimum Gasteiger partial charge on any atom is -0.341 e. The van der Waals surface area contributed by atoms with Crippen molar-refractivity contribution in [1.29, 1.82) is 0 Å². The van der Waals surface area contributed by atoms with Crippen molar-refractivity contribution in [2.45, 2.75) is 25.3 Å². The van der Waals surface area contributed by atoms with Gasteiger partial charge < -0.3 is 10.2 Å². The van der Waals surface area contributed by atoms with E-state index in [0.717, 1.165) is 57.8 Å². The van der Waals surface area contributed by atoms with Crippen molar-refractivity contribution < 1.29 is 4.79 Å². The molecule has 5 nitrogen and oxygen atoms in total. The van der Waals surface area contributed by atoms with Crippen molar-refractivity contribution in [2.75, 3.05) is 39.3 Å². The number of rotatable bonds is 4. The summed E-state index contributed by atoms with van der Waals surface area (Å²) in [7, 11) is 0.